The van der Waals surface area contributed by atoms with E-state index in [0.29, 0.717) is 11.3 Å². The number of carbonyl (C=O) groups is 1. The van der Waals surface area contributed by atoms with Crippen LogP contribution in [0.25, 0.3) is 11.0 Å². The lowest BCUT2D eigenvalue weighted by Gasteiger charge is -2.20. The maximum atomic E-state index is 12.2. The lowest BCUT2D eigenvalue weighted by molar-refractivity contribution is -0.128. The molecule has 0 aliphatic heterocycles. The molecule has 1 aliphatic carbocycles. The standard InChI is InChI=1S/C20H24O4/c1-12-9-15(23-11-17(21)20(2,3)4)18-13-7-5-6-8-14(13)19(22)24-16(18)10-12/h9-10H,5-8,11H2,1-4H3. The largest absolute Gasteiger partial charge is 0.485 e. The van der Waals surface area contributed by atoms with Gasteiger partial charge in [-0.2, -0.15) is 0 Å². The first-order valence-electron chi connectivity index (χ1n) is 8.52. The predicted molar refractivity (Wildman–Crippen MR) is 93.8 cm³/mol. The van der Waals surface area contributed by atoms with Crippen LogP contribution in [-0.2, 0) is 17.6 Å². The molecule has 3 rings (SSSR count). The Morgan fingerprint density at radius 2 is 1.83 bits per heavy atom. The summed E-state index contributed by atoms with van der Waals surface area (Å²) in [6, 6.07) is 3.79. The molecule has 0 N–H and O–H groups in total. The maximum Gasteiger partial charge on any atom is 0.339 e. The number of benzene rings is 1. The van der Waals surface area contributed by atoms with Gasteiger partial charge in [0.15, 0.2) is 5.78 Å². The van der Waals surface area contributed by atoms with Crippen LogP contribution in [0.4, 0.5) is 0 Å². The van der Waals surface area contributed by atoms with Crippen molar-refractivity contribution in [3.05, 3.63) is 39.2 Å². The average molecular weight is 328 g/mol. The third-order valence-corrected chi connectivity index (χ3v) is 4.62. The first-order chi connectivity index (χ1) is 11.3. The predicted octanol–water partition coefficient (Wildman–Crippen LogP) is 3.97. The molecular weight excluding hydrogens is 304 g/mol. The first kappa shape index (κ1) is 16.7. The monoisotopic (exact) mass is 328 g/mol. The summed E-state index contributed by atoms with van der Waals surface area (Å²) in [6.07, 6.45) is 3.67. The van der Waals surface area contributed by atoms with Gasteiger partial charge in [0.25, 0.3) is 0 Å². The Balaban J connectivity index is 2.10. The summed E-state index contributed by atoms with van der Waals surface area (Å²) in [5.41, 5.74) is 2.62. The Kier molecular flexibility index (Phi) is 4.24. The number of hydrogen-bond acceptors (Lipinski definition) is 4. The van der Waals surface area contributed by atoms with Gasteiger partial charge in [0.1, 0.15) is 17.9 Å². The molecule has 0 unspecified atom stereocenters. The van der Waals surface area contributed by atoms with Crippen molar-refractivity contribution in [2.24, 2.45) is 5.41 Å². The quantitative estimate of drug-likeness (QED) is 0.800. The minimum absolute atomic E-state index is 0.0238. The summed E-state index contributed by atoms with van der Waals surface area (Å²) in [4.78, 5) is 24.4. The average Bonchev–Trinajstić information content (AvgIpc) is 2.51. The smallest absolute Gasteiger partial charge is 0.339 e. The van der Waals surface area contributed by atoms with E-state index in [2.05, 4.69) is 0 Å². The van der Waals surface area contributed by atoms with Crippen LogP contribution in [0.2, 0.25) is 0 Å². The van der Waals surface area contributed by atoms with Gasteiger partial charge in [-0.15, -0.1) is 0 Å². The van der Waals surface area contributed by atoms with Gasteiger partial charge in [0.2, 0.25) is 0 Å². The number of fused-ring (bicyclic) bond motifs is 3. The zero-order chi connectivity index (χ0) is 17.5. The van der Waals surface area contributed by atoms with Crippen LogP contribution in [-0.4, -0.2) is 12.4 Å². The van der Waals surface area contributed by atoms with Gasteiger partial charge >= 0.3 is 5.63 Å². The number of aryl methyl sites for hydroxylation is 2. The summed E-state index contributed by atoms with van der Waals surface area (Å²) in [6.45, 7) is 7.60. The van der Waals surface area contributed by atoms with E-state index in [0.717, 1.165) is 47.8 Å². The molecule has 0 saturated heterocycles. The molecule has 4 heteroatoms. The molecule has 0 saturated carbocycles. The lowest BCUT2D eigenvalue weighted by Crippen LogP contribution is -2.26. The van der Waals surface area contributed by atoms with Crippen molar-refractivity contribution in [3.63, 3.8) is 0 Å². The van der Waals surface area contributed by atoms with Gasteiger partial charge in [0, 0.05) is 11.0 Å². The second kappa shape index (κ2) is 6.08. The van der Waals surface area contributed by atoms with Gasteiger partial charge in [-0.05, 0) is 55.9 Å². The van der Waals surface area contributed by atoms with Crippen LogP contribution in [0, 0.1) is 12.3 Å². The number of ketones is 1. The molecule has 1 aliphatic rings. The SMILES string of the molecule is Cc1cc(OCC(=O)C(C)(C)C)c2c3c(c(=O)oc2c1)CCCC3. The van der Waals surface area contributed by atoms with Gasteiger partial charge in [-0.1, -0.05) is 20.8 Å². The van der Waals surface area contributed by atoms with Crippen molar-refractivity contribution in [2.75, 3.05) is 6.61 Å². The summed E-state index contributed by atoms with van der Waals surface area (Å²) in [5, 5.41) is 0.858. The molecule has 4 nitrogen and oxygen atoms in total. The van der Waals surface area contributed by atoms with Crippen LogP contribution < -0.4 is 10.4 Å². The molecule has 0 bridgehead atoms. The molecule has 2 aromatic rings. The minimum Gasteiger partial charge on any atom is -0.485 e. The summed E-state index contributed by atoms with van der Waals surface area (Å²) in [7, 11) is 0. The fourth-order valence-electron chi connectivity index (χ4n) is 3.14. The Bertz CT molecular complexity index is 853. The van der Waals surface area contributed by atoms with Crippen molar-refractivity contribution >= 4 is 16.8 Å². The number of carbonyl (C=O) groups excluding carboxylic acids is 1. The maximum absolute atomic E-state index is 12.2. The Morgan fingerprint density at radius 3 is 2.50 bits per heavy atom. The topological polar surface area (TPSA) is 56.5 Å². The van der Waals surface area contributed by atoms with E-state index in [1.54, 1.807) is 0 Å². The van der Waals surface area contributed by atoms with Gasteiger partial charge < -0.3 is 9.15 Å². The molecular formula is C20H24O4. The van der Waals surface area contributed by atoms with Crippen LogP contribution >= 0.6 is 0 Å². The number of ether oxygens (including phenoxy) is 1. The van der Waals surface area contributed by atoms with Crippen molar-refractivity contribution in [3.8, 4) is 5.75 Å². The molecule has 1 heterocycles. The summed E-state index contributed by atoms with van der Waals surface area (Å²) < 4.78 is 11.4. The number of Topliss-reactive ketones (excluding diaryl/α,β-unsaturated/α-hetero) is 1. The Hall–Kier alpha value is -2.10. The van der Waals surface area contributed by atoms with Crippen molar-refractivity contribution in [1.29, 1.82) is 0 Å². The molecule has 0 radical (unpaired) electrons. The highest BCUT2D eigenvalue weighted by Gasteiger charge is 2.24. The molecule has 0 spiro atoms. The van der Waals surface area contributed by atoms with E-state index < -0.39 is 5.41 Å². The van der Waals surface area contributed by atoms with E-state index in [1.807, 2.05) is 39.8 Å². The lowest BCUT2D eigenvalue weighted by atomic mass is 9.90. The number of rotatable bonds is 3. The fraction of sp³-hybridized carbons (Fsp3) is 0.500. The van der Waals surface area contributed by atoms with Crippen molar-refractivity contribution in [1.82, 2.24) is 0 Å². The Morgan fingerprint density at radius 1 is 1.17 bits per heavy atom. The fourth-order valence-corrected chi connectivity index (χ4v) is 3.14. The second-order valence-electron chi connectivity index (χ2n) is 7.65. The molecule has 1 aromatic heterocycles. The molecule has 1 aromatic carbocycles. The first-order valence-corrected chi connectivity index (χ1v) is 8.52. The van der Waals surface area contributed by atoms with E-state index in [1.165, 1.54) is 0 Å². The third-order valence-electron chi connectivity index (χ3n) is 4.62. The van der Waals surface area contributed by atoms with Crippen LogP contribution in [0.5, 0.6) is 5.75 Å². The molecule has 0 atom stereocenters. The minimum atomic E-state index is -0.439. The molecule has 0 amide bonds. The van der Waals surface area contributed by atoms with E-state index in [4.69, 9.17) is 9.15 Å². The number of hydrogen-bond donors (Lipinski definition) is 0. The second-order valence-corrected chi connectivity index (χ2v) is 7.65. The molecule has 24 heavy (non-hydrogen) atoms. The zero-order valence-electron chi connectivity index (χ0n) is 14.8. The normalized spacial score (nSPS) is 14.5. The highest BCUT2D eigenvalue weighted by atomic mass is 16.5. The van der Waals surface area contributed by atoms with E-state index in [-0.39, 0.29) is 18.0 Å². The summed E-state index contributed by atoms with van der Waals surface area (Å²) >= 11 is 0. The third kappa shape index (κ3) is 3.10. The highest BCUT2D eigenvalue weighted by molar-refractivity contribution is 5.90. The summed E-state index contributed by atoms with van der Waals surface area (Å²) in [5.74, 6) is 0.688. The van der Waals surface area contributed by atoms with Gasteiger partial charge in [-0.3, -0.25) is 4.79 Å². The zero-order valence-corrected chi connectivity index (χ0v) is 14.8. The van der Waals surface area contributed by atoms with Crippen LogP contribution in [0.1, 0.15) is 50.3 Å². The van der Waals surface area contributed by atoms with E-state index in [9.17, 15) is 9.59 Å². The van der Waals surface area contributed by atoms with Crippen LogP contribution in [0.15, 0.2) is 21.3 Å². The van der Waals surface area contributed by atoms with E-state index >= 15 is 0 Å². The van der Waals surface area contributed by atoms with Crippen molar-refractivity contribution < 1.29 is 13.9 Å². The molecule has 128 valence electrons. The Labute approximate surface area is 141 Å². The van der Waals surface area contributed by atoms with Crippen LogP contribution in [0.3, 0.4) is 0 Å². The van der Waals surface area contributed by atoms with Gasteiger partial charge in [0.05, 0.1) is 5.39 Å². The van der Waals surface area contributed by atoms with Gasteiger partial charge in [-0.25, -0.2) is 4.79 Å². The highest BCUT2D eigenvalue weighted by Crippen LogP contribution is 2.34. The molecule has 0 fully saturated rings. The van der Waals surface area contributed by atoms with Crippen molar-refractivity contribution in [2.45, 2.75) is 53.4 Å².